The van der Waals surface area contributed by atoms with E-state index in [1.807, 2.05) is 61.5 Å². The zero-order valence-corrected chi connectivity index (χ0v) is 17.9. The first kappa shape index (κ1) is 20.9. The third-order valence-electron chi connectivity index (χ3n) is 5.71. The molecule has 0 saturated carbocycles. The lowest BCUT2D eigenvalue weighted by Gasteiger charge is -2.22. The van der Waals surface area contributed by atoms with Gasteiger partial charge >= 0.3 is 5.97 Å². The van der Waals surface area contributed by atoms with E-state index in [0.717, 1.165) is 28.1 Å². The van der Waals surface area contributed by atoms with Crippen LogP contribution in [0.15, 0.2) is 54.6 Å². The number of ether oxygens (including phenoxy) is 2. The Hall–Kier alpha value is -3.34. The molecule has 0 spiro atoms. The van der Waals surface area contributed by atoms with Crippen LogP contribution < -0.4 is 4.74 Å². The molecule has 1 atom stereocenters. The highest BCUT2D eigenvalue weighted by atomic mass is 16.5. The van der Waals surface area contributed by atoms with Gasteiger partial charge in [-0.25, -0.2) is 4.79 Å². The third kappa shape index (κ3) is 4.41. The van der Waals surface area contributed by atoms with Crippen LogP contribution in [0, 0.1) is 0 Å². The van der Waals surface area contributed by atoms with E-state index in [4.69, 9.17) is 9.47 Å². The first-order valence-corrected chi connectivity index (χ1v) is 10.8. The number of rotatable bonds is 7. The van der Waals surface area contributed by atoms with Crippen molar-refractivity contribution in [3.63, 3.8) is 0 Å². The van der Waals surface area contributed by atoms with Gasteiger partial charge in [0.1, 0.15) is 11.4 Å². The van der Waals surface area contributed by atoms with Crippen molar-refractivity contribution in [1.82, 2.24) is 4.98 Å². The Balaban J connectivity index is 1.68. The number of carbonyl (C=O) groups is 2. The van der Waals surface area contributed by atoms with Crippen molar-refractivity contribution in [2.75, 3.05) is 13.2 Å². The molecule has 1 aromatic heterocycles. The Morgan fingerprint density at radius 1 is 1.00 bits per heavy atom. The molecule has 160 valence electrons. The average molecular weight is 418 g/mol. The second-order valence-corrected chi connectivity index (χ2v) is 7.75. The maximum atomic E-state index is 13.2. The molecule has 31 heavy (non-hydrogen) atoms. The highest BCUT2D eigenvalue weighted by Crippen LogP contribution is 2.36. The van der Waals surface area contributed by atoms with E-state index in [2.05, 4.69) is 4.98 Å². The number of aromatic amines is 1. The molecule has 0 saturated heterocycles. The quantitative estimate of drug-likeness (QED) is 0.544. The predicted octanol–water partition coefficient (Wildman–Crippen LogP) is 5.09. The Labute approximate surface area is 182 Å². The van der Waals surface area contributed by atoms with E-state index < -0.39 is 5.97 Å². The van der Waals surface area contributed by atoms with Gasteiger partial charge in [-0.15, -0.1) is 0 Å². The third-order valence-corrected chi connectivity index (χ3v) is 5.71. The van der Waals surface area contributed by atoms with Gasteiger partial charge in [-0.3, -0.25) is 4.79 Å². The van der Waals surface area contributed by atoms with Gasteiger partial charge in [-0.05, 0) is 55.0 Å². The van der Waals surface area contributed by atoms with Crippen molar-refractivity contribution in [3.05, 3.63) is 88.2 Å². The Morgan fingerprint density at radius 2 is 1.74 bits per heavy atom. The number of benzene rings is 2. The summed E-state index contributed by atoms with van der Waals surface area (Å²) in [6.07, 6.45) is 1.61. The summed E-state index contributed by atoms with van der Waals surface area (Å²) in [6, 6.07) is 17.8. The lowest BCUT2D eigenvalue weighted by molar-refractivity contribution is 0.0519. The number of aromatic nitrogens is 1. The van der Waals surface area contributed by atoms with Crippen LogP contribution in [0.5, 0.6) is 5.75 Å². The molecule has 5 heteroatoms. The molecule has 0 aliphatic heterocycles. The number of ketones is 1. The predicted molar refractivity (Wildman–Crippen MR) is 119 cm³/mol. The topological polar surface area (TPSA) is 68.4 Å². The molecule has 1 aliphatic rings. The summed E-state index contributed by atoms with van der Waals surface area (Å²) in [4.78, 5) is 29.1. The highest BCUT2D eigenvalue weighted by Gasteiger charge is 2.33. The summed E-state index contributed by atoms with van der Waals surface area (Å²) >= 11 is 0. The molecule has 1 N–H and O–H groups in total. The van der Waals surface area contributed by atoms with Gasteiger partial charge in [0.05, 0.1) is 13.2 Å². The lowest BCUT2D eigenvalue weighted by Crippen LogP contribution is -2.19. The number of hydrogen-bond acceptors (Lipinski definition) is 4. The van der Waals surface area contributed by atoms with Crippen molar-refractivity contribution < 1.29 is 19.1 Å². The van der Waals surface area contributed by atoms with Crippen LogP contribution in [0.4, 0.5) is 0 Å². The molecule has 1 heterocycles. The molecule has 1 aliphatic carbocycles. The van der Waals surface area contributed by atoms with Gasteiger partial charge in [-0.2, -0.15) is 0 Å². The summed E-state index contributed by atoms with van der Waals surface area (Å²) < 4.78 is 10.8. The van der Waals surface area contributed by atoms with Crippen LogP contribution >= 0.6 is 0 Å². The minimum Gasteiger partial charge on any atom is -0.494 e. The maximum absolute atomic E-state index is 13.2. The normalized spacial score (nSPS) is 15.4. The van der Waals surface area contributed by atoms with Gasteiger partial charge in [0, 0.05) is 24.1 Å². The number of nitrogens with one attached hydrogen (secondary N) is 1. The van der Waals surface area contributed by atoms with Crippen molar-refractivity contribution >= 4 is 11.8 Å². The highest BCUT2D eigenvalue weighted by molar-refractivity contribution is 6.04. The number of fused-ring (bicyclic) bond motifs is 1. The van der Waals surface area contributed by atoms with Crippen LogP contribution in [0.25, 0.3) is 0 Å². The molecule has 0 radical (unpaired) electrons. The molecule has 3 aromatic rings. The molecule has 0 amide bonds. The standard InChI is InChI=1S/C26H27NO4/c1-3-30-20-12-10-18(11-13-20)19-15-22-24(23(28)16-19)21(14-17-8-6-5-7-9-17)25(27-22)26(29)31-4-2/h5-13,19,27H,3-4,14-16H2,1-2H3/t19-/m1/s1. The number of H-pyrrole nitrogens is 1. The molecule has 2 aromatic carbocycles. The molecule has 4 rings (SSSR count). The Kier molecular flexibility index (Phi) is 6.21. The van der Waals surface area contributed by atoms with E-state index in [0.29, 0.717) is 37.1 Å². The Morgan fingerprint density at radius 3 is 2.42 bits per heavy atom. The number of Topliss-reactive ketones (excluding diaryl/α,β-unsaturated/α-hetero) is 1. The zero-order chi connectivity index (χ0) is 21.8. The number of esters is 1. The van der Waals surface area contributed by atoms with E-state index in [1.165, 1.54) is 0 Å². The first-order valence-electron chi connectivity index (χ1n) is 10.8. The summed E-state index contributed by atoms with van der Waals surface area (Å²) in [7, 11) is 0. The van der Waals surface area contributed by atoms with Crippen LogP contribution in [0.3, 0.4) is 0 Å². The number of carbonyl (C=O) groups excluding carboxylic acids is 2. The largest absolute Gasteiger partial charge is 0.494 e. The van der Waals surface area contributed by atoms with Crippen LogP contribution in [0.2, 0.25) is 0 Å². The average Bonchev–Trinajstić information content (AvgIpc) is 3.14. The maximum Gasteiger partial charge on any atom is 0.355 e. The summed E-state index contributed by atoms with van der Waals surface area (Å²) in [6.45, 7) is 4.64. The van der Waals surface area contributed by atoms with Crippen molar-refractivity contribution in [2.24, 2.45) is 0 Å². The van der Waals surface area contributed by atoms with Gasteiger partial charge in [-0.1, -0.05) is 42.5 Å². The minimum atomic E-state index is -0.409. The second kappa shape index (κ2) is 9.21. The van der Waals surface area contributed by atoms with E-state index in [-0.39, 0.29) is 18.3 Å². The van der Waals surface area contributed by atoms with Gasteiger partial charge < -0.3 is 14.5 Å². The van der Waals surface area contributed by atoms with E-state index in [9.17, 15) is 9.59 Å². The first-order chi connectivity index (χ1) is 15.1. The van der Waals surface area contributed by atoms with Crippen molar-refractivity contribution in [1.29, 1.82) is 0 Å². The van der Waals surface area contributed by atoms with Crippen LogP contribution in [-0.4, -0.2) is 30.0 Å². The summed E-state index contributed by atoms with van der Waals surface area (Å²) in [5.74, 6) is 0.545. The molecule has 0 bridgehead atoms. The second-order valence-electron chi connectivity index (χ2n) is 7.75. The smallest absolute Gasteiger partial charge is 0.355 e. The fraction of sp³-hybridized carbons (Fsp3) is 0.308. The SMILES string of the molecule is CCOC(=O)c1[nH]c2c(c1Cc1ccccc1)C(=O)C[C@H](c1ccc(OCC)cc1)C2. The molecular formula is C26H27NO4. The fourth-order valence-corrected chi connectivity index (χ4v) is 4.32. The molecule has 0 fully saturated rings. The monoisotopic (exact) mass is 417 g/mol. The summed E-state index contributed by atoms with van der Waals surface area (Å²) in [5.41, 5.74) is 4.78. The van der Waals surface area contributed by atoms with Gasteiger partial charge in [0.15, 0.2) is 5.78 Å². The molecular weight excluding hydrogens is 390 g/mol. The van der Waals surface area contributed by atoms with Gasteiger partial charge in [0.2, 0.25) is 0 Å². The van der Waals surface area contributed by atoms with Crippen molar-refractivity contribution in [2.45, 2.75) is 39.0 Å². The zero-order valence-electron chi connectivity index (χ0n) is 17.9. The molecule has 5 nitrogen and oxygen atoms in total. The Bertz CT molecular complexity index is 1070. The van der Waals surface area contributed by atoms with Crippen molar-refractivity contribution in [3.8, 4) is 5.75 Å². The van der Waals surface area contributed by atoms with Crippen LogP contribution in [0.1, 0.15) is 69.4 Å². The van der Waals surface area contributed by atoms with Crippen LogP contribution in [-0.2, 0) is 17.6 Å². The van der Waals surface area contributed by atoms with E-state index in [1.54, 1.807) is 6.92 Å². The summed E-state index contributed by atoms with van der Waals surface area (Å²) in [5, 5.41) is 0. The van der Waals surface area contributed by atoms with Gasteiger partial charge in [0.25, 0.3) is 0 Å². The number of hydrogen-bond donors (Lipinski definition) is 1. The van der Waals surface area contributed by atoms with E-state index >= 15 is 0 Å². The minimum absolute atomic E-state index is 0.0638. The lowest BCUT2D eigenvalue weighted by atomic mass is 9.80. The molecule has 0 unspecified atom stereocenters. The fourth-order valence-electron chi connectivity index (χ4n) is 4.32.